The molecule has 0 aromatic rings. The molecule has 0 fully saturated rings. The number of halogens is 3. The van der Waals surface area contributed by atoms with Crippen molar-refractivity contribution >= 4 is 20.4 Å². The van der Waals surface area contributed by atoms with Crippen LogP contribution in [0, 0.1) is 5.92 Å². The number of ketones is 1. The molecule has 6 nitrogen and oxygen atoms in total. The molecule has 1 atom stereocenters. The van der Waals surface area contributed by atoms with Gasteiger partial charge in [0.05, 0.1) is 18.3 Å². The third-order valence-electron chi connectivity index (χ3n) is 2.19. The molecular formula is C15H28F3O6P. The molecular weight excluding hydrogens is 364 g/mol. The van der Waals surface area contributed by atoms with Crippen molar-refractivity contribution in [3.63, 3.8) is 0 Å². The van der Waals surface area contributed by atoms with Crippen molar-refractivity contribution < 1.29 is 41.4 Å². The van der Waals surface area contributed by atoms with Crippen LogP contribution in [0.1, 0.15) is 54.9 Å². The van der Waals surface area contributed by atoms with Gasteiger partial charge in [0.25, 0.3) is 0 Å². The molecule has 0 aliphatic heterocycles. The summed E-state index contributed by atoms with van der Waals surface area (Å²) in [6, 6.07) is 0. The van der Waals surface area contributed by atoms with Crippen LogP contribution in [0.2, 0.25) is 0 Å². The van der Waals surface area contributed by atoms with E-state index in [0.717, 1.165) is 0 Å². The fourth-order valence-corrected chi connectivity index (χ4v) is 2.44. The van der Waals surface area contributed by atoms with Gasteiger partial charge >= 0.3 is 20.7 Å². The number of hydrogen-bond donors (Lipinski definition) is 1. The summed E-state index contributed by atoms with van der Waals surface area (Å²) in [5, 5.41) is 8.19. The molecule has 0 spiro atoms. The lowest BCUT2D eigenvalue weighted by molar-refractivity contribution is -0.179. The van der Waals surface area contributed by atoms with E-state index < -0.39 is 32.4 Å². The van der Waals surface area contributed by atoms with Gasteiger partial charge in [0, 0.05) is 0 Å². The van der Waals surface area contributed by atoms with E-state index in [-0.39, 0.29) is 24.7 Å². The zero-order valence-corrected chi connectivity index (χ0v) is 16.5. The van der Waals surface area contributed by atoms with Crippen molar-refractivity contribution in [1.82, 2.24) is 0 Å². The zero-order valence-electron chi connectivity index (χ0n) is 15.6. The average molecular weight is 392 g/mol. The highest BCUT2D eigenvalue weighted by Crippen LogP contribution is 2.43. The third kappa shape index (κ3) is 14.1. The van der Waals surface area contributed by atoms with E-state index in [4.69, 9.17) is 18.7 Å². The summed E-state index contributed by atoms with van der Waals surface area (Å²) in [6.07, 6.45) is -4.98. The molecule has 0 heterocycles. The predicted octanol–water partition coefficient (Wildman–Crippen LogP) is 4.72. The smallest absolute Gasteiger partial charge is 0.450 e. The summed E-state index contributed by atoms with van der Waals surface area (Å²) < 4.78 is 51.4. The fourth-order valence-electron chi connectivity index (χ4n) is 1.26. The van der Waals surface area contributed by atoms with Crippen LogP contribution in [0.25, 0.3) is 0 Å². The van der Waals surface area contributed by atoms with Crippen molar-refractivity contribution in [2.45, 2.75) is 79.4 Å². The van der Waals surface area contributed by atoms with Crippen LogP contribution in [0.3, 0.4) is 0 Å². The molecule has 0 aliphatic carbocycles. The lowest BCUT2D eigenvalue weighted by Crippen LogP contribution is -2.34. The largest absolute Gasteiger partial charge is 0.481 e. The molecule has 0 bridgehead atoms. The molecule has 0 rings (SSSR count). The molecule has 1 unspecified atom stereocenters. The monoisotopic (exact) mass is 392 g/mol. The van der Waals surface area contributed by atoms with Gasteiger partial charge in [-0.2, -0.15) is 13.2 Å². The third-order valence-corrected chi connectivity index (χ3v) is 3.97. The van der Waals surface area contributed by atoms with E-state index >= 15 is 0 Å². The molecule has 10 heteroatoms. The number of rotatable bonds is 9. The van der Waals surface area contributed by atoms with E-state index in [1.165, 1.54) is 6.92 Å². The normalized spacial score (nSPS) is 13.2. The molecule has 0 radical (unpaired) electrons. The SMILES string of the molecule is CC(C)OP(OC(C)C)OC(C)C.CCC(C(=O)O)C(=O)C(F)(F)F. The van der Waals surface area contributed by atoms with Crippen LogP contribution >= 0.6 is 8.60 Å². The first-order valence-corrected chi connectivity index (χ1v) is 8.96. The number of carbonyl (C=O) groups excluding carboxylic acids is 1. The van der Waals surface area contributed by atoms with Crippen LogP contribution < -0.4 is 0 Å². The Morgan fingerprint density at radius 3 is 1.36 bits per heavy atom. The van der Waals surface area contributed by atoms with E-state index in [0.29, 0.717) is 0 Å². The fraction of sp³-hybridized carbons (Fsp3) is 0.867. The van der Waals surface area contributed by atoms with Gasteiger partial charge in [0.2, 0.25) is 5.78 Å². The van der Waals surface area contributed by atoms with E-state index in [1.807, 2.05) is 41.5 Å². The number of aliphatic carboxylic acids is 1. The highest BCUT2D eigenvalue weighted by molar-refractivity contribution is 7.41. The second kappa shape index (κ2) is 12.6. The Morgan fingerprint density at radius 2 is 1.24 bits per heavy atom. The summed E-state index contributed by atoms with van der Waals surface area (Å²) in [6.45, 7) is 13.1. The van der Waals surface area contributed by atoms with Crippen molar-refractivity contribution in [3.05, 3.63) is 0 Å². The Labute approximate surface area is 148 Å². The maximum Gasteiger partial charge on any atom is 0.450 e. The van der Waals surface area contributed by atoms with Gasteiger partial charge in [-0.1, -0.05) is 6.92 Å². The topological polar surface area (TPSA) is 82.1 Å². The van der Waals surface area contributed by atoms with E-state index in [1.54, 1.807) is 0 Å². The molecule has 0 aliphatic rings. The van der Waals surface area contributed by atoms with Crippen LogP contribution in [0.4, 0.5) is 13.2 Å². The van der Waals surface area contributed by atoms with E-state index in [9.17, 15) is 22.8 Å². The summed E-state index contributed by atoms with van der Waals surface area (Å²) in [4.78, 5) is 20.4. The average Bonchev–Trinajstić information content (AvgIpc) is 2.35. The standard InChI is InChI=1S/C9H21O3P.C6H7F3O3/c1-7(2)10-13(11-8(3)4)12-9(5)6;1-2-3(5(11)12)4(10)6(7,8)9/h7-9H,1-6H3;3H,2H2,1H3,(H,11,12). The van der Waals surface area contributed by atoms with Crippen molar-refractivity contribution in [1.29, 1.82) is 0 Å². The first-order chi connectivity index (χ1) is 11.2. The van der Waals surface area contributed by atoms with Gasteiger partial charge < -0.3 is 18.7 Å². The van der Waals surface area contributed by atoms with E-state index in [2.05, 4.69) is 0 Å². The highest BCUT2D eigenvalue weighted by Gasteiger charge is 2.45. The van der Waals surface area contributed by atoms with Crippen molar-refractivity contribution in [2.24, 2.45) is 5.92 Å². The zero-order chi connectivity index (χ0) is 20.4. The number of carboxylic acids is 1. The summed E-state index contributed by atoms with van der Waals surface area (Å²) >= 11 is 0. The quantitative estimate of drug-likeness (QED) is 0.452. The van der Waals surface area contributed by atoms with Crippen LogP contribution in [0.15, 0.2) is 0 Å². The molecule has 0 aromatic carbocycles. The predicted molar refractivity (Wildman–Crippen MR) is 88.1 cm³/mol. The molecule has 1 N–H and O–H groups in total. The molecule has 0 aromatic heterocycles. The van der Waals surface area contributed by atoms with Crippen LogP contribution in [0.5, 0.6) is 0 Å². The first-order valence-electron chi connectivity index (χ1n) is 7.86. The van der Waals surface area contributed by atoms with Crippen molar-refractivity contribution in [3.8, 4) is 0 Å². The van der Waals surface area contributed by atoms with Gasteiger partial charge in [0.1, 0.15) is 5.92 Å². The second-order valence-electron chi connectivity index (χ2n) is 5.85. The Bertz CT molecular complexity index is 375. The second-order valence-corrected chi connectivity index (χ2v) is 6.93. The molecule has 0 amide bonds. The number of hydrogen-bond acceptors (Lipinski definition) is 5. The molecule has 25 heavy (non-hydrogen) atoms. The minimum atomic E-state index is -5.06. The van der Waals surface area contributed by atoms with Gasteiger partial charge in [-0.3, -0.25) is 9.59 Å². The number of carboxylic acid groups (broad SMARTS) is 1. The maximum absolute atomic E-state index is 11.6. The molecule has 0 saturated heterocycles. The van der Waals surface area contributed by atoms with Gasteiger partial charge in [-0.05, 0) is 48.0 Å². The van der Waals surface area contributed by atoms with Gasteiger partial charge in [-0.15, -0.1) is 0 Å². The Kier molecular flexibility index (Phi) is 13.3. The number of Topliss-reactive ketones (excluding diaryl/α,β-unsaturated/α-hetero) is 1. The first kappa shape index (κ1) is 26.5. The Hall–Kier alpha value is -0.760. The number of alkyl halides is 3. The van der Waals surface area contributed by atoms with Crippen LogP contribution in [-0.4, -0.2) is 41.3 Å². The van der Waals surface area contributed by atoms with Gasteiger partial charge in [0.15, 0.2) is 0 Å². The Morgan fingerprint density at radius 1 is 0.920 bits per heavy atom. The van der Waals surface area contributed by atoms with Crippen molar-refractivity contribution in [2.75, 3.05) is 0 Å². The lowest BCUT2D eigenvalue weighted by Gasteiger charge is -2.22. The lowest BCUT2D eigenvalue weighted by atomic mass is 10.0. The highest BCUT2D eigenvalue weighted by atomic mass is 31.2. The molecule has 0 saturated carbocycles. The Balaban J connectivity index is 0. The maximum atomic E-state index is 11.6. The minimum Gasteiger partial charge on any atom is -0.481 e. The van der Waals surface area contributed by atoms with Crippen LogP contribution in [-0.2, 0) is 23.2 Å². The molecule has 150 valence electrons. The summed E-state index contributed by atoms with van der Waals surface area (Å²) in [7, 11) is -1.18. The van der Waals surface area contributed by atoms with Gasteiger partial charge in [-0.25, -0.2) is 0 Å². The summed E-state index contributed by atoms with van der Waals surface area (Å²) in [5.41, 5.74) is 0. The minimum absolute atomic E-state index is 0.142. The summed E-state index contributed by atoms with van der Waals surface area (Å²) in [5.74, 6) is -5.90. The number of carbonyl (C=O) groups is 2.